The van der Waals surface area contributed by atoms with Gasteiger partial charge in [0.25, 0.3) is 10.2 Å². The van der Waals surface area contributed by atoms with Crippen LogP contribution in [-0.4, -0.2) is 56.8 Å². The molecule has 7 heteroatoms. The molecule has 1 heterocycles. The van der Waals surface area contributed by atoms with Gasteiger partial charge in [0.1, 0.15) is 0 Å². The van der Waals surface area contributed by atoms with Crippen LogP contribution < -0.4 is 4.72 Å². The van der Waals surface area contributed by atoms with Crippen LogP contribution in [0.1, 0.15) is 19.8 Å². The van der Waals surface area contributed by atoms with Crippen LogP contribution in [-0.2, 0) is 14.9 Å². The van der Waals surface area contributed by atoms with E-state index in [4.69, 9.17) is 4.74 Å². The van der Waals surface area contributed by atoms with Crippen molar-refractivity contribution in [3.8, 4) is 0 Å². The van der Waals surface area contributed by atoms with Crippen molar-refractivity contribution in [2.45, 2.75) is 25.9 Å². The molecule has 0 saturated carbocycles. The van der Waals surface area contributed by atoms with Gasteiger partial charge in [-0.05, 0) is 6.42 Å². The normalized spacial score (nSPS) is 20.9. The molecule has 1 aliphatic heterocycles. The van der Waals surface area contributed by atoms with Crippen LogP contribution in [0.25, 0.3) is 0 Å². The second-order valence-electron chi connectivity index (χ2n) is 3.81. The summed E-state index contributed by atoms with van der Waals surface area (Å²) in [6, 6.07) is 0. The summed E-state index contributed by atoms with van der Waals surface area (Å²) >= 11 is 0. The molecule has 1 fully saturated rings. The Kier molecular flexibility index (Phi) is 5.63. The van der Waals surface area contributed by atoms with Crippen molar-refractivity contribution in [1.82, 2.24) is 9.03 Å². The third kappa shape index (κ3) is 4.34. The molecule has 1 aliphatic rings. The molecule has 0 aromatic rings. The molecule has 0 aromatic heterocycles. The van der Waals surface area contributed by atoms with Gasteiger partial charge in [0, 0.05) is 19.6 Å². The largest absolute Gasteiger partial charge is 0.392 e. The molecule has 1 atom stereocenters. The van der Waals surface area contributed by atoms with Crippen molar-refractivity contribution in [1.29, 1.82) is 0 Å². The monoisotopic (exact) mass is 252 g/mol. The maximum absolute atomic E-state index is 11.7. The molecule has 1 unspecified atom stereocenters. The van der Waals surface area contributed by atoms with E-state index in [1.165, 1.54) is 4.31 Å². The summed E-state index contributed by atoms with van der Waals surface area (Å²) in [4.78, 5) is 0. The molecular formula is C9H20N2O4S. The Morgan fingerprint density at radius 1 is 1.44 bits per heavy atom. The van der Waals surface area contributed by atoms with E-state index >= 15 is 0 Å². The second-order valence-corrected chi connectivity index (χ2v) is 5.56. The van der Waals surface area contributed by atoms with E-state index < -0.39 is 16.3 Å². The van der Waals surface area contributed by atoms with Gasteiger partial charge in [-0.2, -0.15) is 17.4 Å². The van der Waals surface area contributed by atoms with E-state index in [2.05, 4.69) is 4.72 Å². The molecule has 1 saturated heterocycles. The van der Waals surface area contributed by atoms with Gasteiger partial charge in [0.2, 0.25) is 0 Å². The minimum absolute atomic E-state index is 0.0769. The highest BCUT2D eigenvalue weighted by molar-refractivity contribution is 7.87. The maximum Gasteiger partial charge on any atom is 0.279 e. The summed E-state index contributed by atoms with van der Waals surface area (Å²) in [5, 5.41) is 9.44. The Morgan fingerprint density at radius 2 is 2.06 bits per heavy atom. The summed E-state index contributed by atoms with van der Waals surface area (Å²) in [6.07, 6.45) is 0.826. The van der Waals surface area contributed by atoms with Crippen LogP contribution in [0.2, 0.25) is 0 Å². The second kappa shape index (κ2) is 6.51. The third-order valence-corrected chi connectivity index (χ3v) is 4.01. The number of rotatable bonds is 6. The van der Waals surface area contributed by atoms with Gasteiger partial charge in [-0.25, -0.2) is 0 Å². The number of ether oxygens (including phenoxy) is 1. The van der Waals surface area contributed by atoms with Gasteiger partial charge in [-0.3, -0.25) is 0 Å². The summed E-state index contributed by atoms with van der Waals surface area (Å²) in [5.41, 5.74) is 0. The van der Waals surface area contributed by atoms with Gasteiger partial charge < -0.3 is 9.84 Å². The Balaban J connectivity index is 2.38. The third-order valence-electron chi connectivity index (χ3n) is 2.43. The molecule has 1 rings (SSSR count). The van der Waals surface area contributed by atoms with Crippen molar-refractivity contribution >= 4 is 10.2 Å². The highest BCUT2D eigenvalue weighted by Gasteiger charge is 2.24. The summed E-state index contributed by atoms with van der Waals surface area (Å²) < 4.78 is 32.3. The first kappa shape index (κ1) is 13.9. The molecule has 96 valence electrons. The molecule has 2 N–H and O–H groups in total. The minimum atomic E-state index is -3.45. The number of aliphatic hydroxyl groups is 1. The van der Waals surface area contributed by atoms with E-state index in [0.717, 1.165) is 6.42 Å². The number of hydrogen-bond acceptors (Lipinski definition) is 4. The van der Waals surface area contributed by atoms with Gasteiger partial charge in [0.05, 0.1) is 19.3 Å². The smallest absolute Gasteiger partial charge is 0.279 e. The van der Waals surface area contributed by atoms with Gasteiger partial charge >= 0.3 is 0 Å². The zero-order valence-electron chi connectivity index (χ0n) is 9.55. The summed E-state index contributed by atoms with van der Waals surface area (Å²) in [7, 11) is -3.45. The van der Waals surface area contributed by atoms with E-state index in [0.29, 0.717) is 32.7 Å². The number of hydrogen-bond donors (Lipinski definition) is 2. The average molecular weight is 252 g/mol. The fraction of sp³-hybridized carbons (Fsp3) is 1.00. The summed E-state index contributed by atoms with van der Waals surface area (Å²) in [5.74, 6) is 0. The van der Waals surface area contributed by atoms with E-state index in [1.807, 2.05) is 6.92 Å². The molecule has 6 nitrogen and oxygen atoms in total. The van der Waals surface area contributed by atoms with Gasteiger partial charge in [0.15, 0.2) is 0 Å². The Morgan fingerprint density at radius 3 is 2.62 bits per heavy atom. The van der Waals surface area contributed by atoms with Crippen molar-refractivity contribution in [2.24, 2.45) is 0 Å². The van der Waals surface area contributed by atoms with Crippen LogP contribution in [0.5, 0.6) is 0 Å². The van der Waals surface area contributed by atoms with Crippen molar-refractivity contribution < 1.29 is 18.3 Å². The first-order valence-corrected chi connectivity index (χ1v) is 7.01. The average Bonchev–Trinajstić information content (AvgIpc) is 2.28. The Hall–Kier alpha value is -0.210. The Labute approximate surface area is 96.8 Å². The number of nitrogens with zero attached hydrogens (tertiary/aromatic N) is 1. The molecule has 0 amide bonds. The van der Waals surface area contributed by atoms with Gasteiger partial charge in [-0.15, -0.1) is 0 Å². The quantitative estimate of drug-likeness (QED) is 0.656. The molecule has 0 aliphatic carbocycles. The van der Waals surface area contributed by atoms with Gasteiger partial charge in [-0.1, -0.05) is 13.3 Å². The van der Waals surface area contributed by atoms with Crippen molar-refractivity contribution in [2.75, 3.05) is 32.8 Å². The van der Waals surface area contributed by atoms with Crippen LogP contribution in [0.15, 0.2) is 0 Å². The lowest BCUT2D eigenvalue weighted by Gasteiger charge is -2.26. The molecule has 0 aromatic carbocycles. The number of nitrogens with one attached hydrogen (secondary N) is 1. The first-order chi connectivity index (χ1) is 7.56. The van der Waals surface area contributed by atoms with E-state index in [-0.39, 0.29) is 6.54 Å². The van der Waals surface area contributed by atoms with Crippen LogP contribution in [0.4, 0.5) is 0 Å². The number of morpholine rings is 1. The zero-order valence-corrected chi connectivity index (χ0v) is 10.4. The van der Waals surface area contributed by atoms with E-state index in [1.54, 1.807) is 0 Å². The molecule has 0 spiro atoms. The van der Waals surface area contributed by atoms with E-state index in [9.17, 15) is 13.5 Å². The fourth-order valence-electron chi connectivity index (χ4n) is 1.52. The SMILES string of the molecule is CCCC(O)CNS(=O)(=O)N1CCOCC1. The highest BCUT2D eigenvalue weighted by Crippen LogP contribution is 2.03. The highest BCUT2D eigenvalue weighted by atomic mass is 32.2. The molecule has 0 bridgehead atoms. The minimum Gasteiger partial charge on any atom is -0.392 e. The predicted octanol–water partition coefficient (Wildman–Crippen LogP) is -0.686. The molecule has 16 heavy (non-hydrogen) atoms. The molecular weight excluding hydrogens is 232 g/mol. The first-order valence-electron chi connectivity index (χ1n) is 5.57. The molecule has 0 radical (unpaired) electrons. The lowest BCUT2D eigenvalue weighted by molar-refractivity contribution is 0.0721. The maximum atomic E-state index is 11.7. The Bertz CT molecular complexity index is 288. The van der Waals surface area contributed by atoms with Crippen LogP contribution in [0.3, 0.4) is 0 Å². The lowest BCUT2D eigenvalue weighted by Crippen LogP contribution is -2.48. The summed E-state index contributed by atoms with van der Waals surface area (Å²) in [6.45, 7) is 3.63. The lowest BCUT2D eigenvalue weighted by atomic mass is 10.2. The fourth-order valence-corrected chi connectivity index (χ4v) is 2.73. The van der Waals surface area contributed by atoms with Crippen molar-refractivity contribution in [3.63, 3.8) is 0 Å². The number of aliphatic hydroxyl groups excluding tert-OH is 1. The zero-order chi connectivity index (χ0) is 12.0. The van der Waals surface area contributed by atoms with Crippen LogP contribution in [0, 0.1) is 0 Å². The topological polar surface area (TPSA) is 78.9 Å². The predicted molar refractivity (Wildman–Crippen MR) is 60.2 cm³/mol. The van der Waals surface area contributed by atoms with Crippen LogP contribution >= 0.6 is 0 Å². The standard InChI is InChI=1S/C9H20N2O4S/c1-2-3-9(12)8-10-16(13,14)11-4-6-15-7-5-11/h9-10,12H,2-8H2,1H3. The van der Waals surface area contributed by atoms with Crippen molar-refractivity contribution in [3.05, 3.63) is 0 Å².